The quantitative estimate of drug-likeness (QED) is 0.238. The van der Waals surface area contributed by atoms with Crippen LogP contribution >= 0.6 is 35.3 Å². The van der Waals surface area contributed by atoms with Gasteiger partial charge < -0.3 is 15.6 Å². The first-order chi connectivity index (χ1) is 13.2. The topological polar surface area (TPSA) is 65.1 Å². The number of nitrogens with zero attached hydrogens (tertiary/aromatic N) is 2. The number of H-pyrrole nitrogens is 1. The van der Waals surface area contributed by atoms with Gasteiger partial charge in [0.05, 0.1) is 10.7 Å². The Kier molecular flexibility index (Phi) is 9.24. The number of para-hydroxylation sites is 1. The minimum Gasteiger partial charge on any atom is -0.361 e. The van der Waals surface area contributed by atoms with Gasteiger partial charge in [-0.1, -0.05) is 25.1 Å². The number of guanidine groups is 1. The van der Waals surface area contributed by atoms with Gasteiger partial charge in [0.2, 0.25) is 0 Å². The van der Waals surface area contributed by atoms with Crippen molar-refractivity contribution in [2.24, 2.45) is 4.99 Å². The van der Waals surface area contributed by atoms with Crippen LogP contribution in [0.4, 0.5) is 0 Å². The SMILES string of the molecule is CCNC(=NCCc1csc(C)n1)NCCc1c[nH]c2c(CC)cccc12.I. The second-order valence-electron chi connectivity index (χ2n) is 6.55. The van der Waals surface area contributed by atoms with Gasteiger partial charge in [0.1, 0.15) is 0 Å². The lowest BCUT2D eigenvalue weighted by molar-refractivity contribution is 0.796. The minimum absolute atomic E-state index is 0. The molecule has 0 fully saturated rings. The lowest BCUT2D eigenvalue weighted by Crippen LogP contribution is -2.38. The molecule has 0 bridgehead atoms. The second-order valence-corrected chi connectivity index (χ2v) is 7.61. The Bertz CT molecular complexity index is 899. The van der Waals surface area contributed by atoms with Crippen LogP contribution < -0.4 is 10.6 Å². The maximum absolute atomic E-state index is 4.68. The first-order valence-electron chi connectivity index (χ1n) is 9.72. The fraction of sp³-hybridized carbons (Fsp3) is 0.429. The highest BCUT2D eigenvalue weighted by molar-refractivity contribution is 14.0. The lowest BCUT2D eigenvalue weighted by Gasteiger charge is -2.11. The van der Waals surface area contributed by atoms with Crippen LogP contribution in [-0.4, -0.2) is 35.6 Å². The number of aliphatic imine (C=N–C) groups is 1. The van der Waals surface area contributed by atoms with Crippen molar-refractivity contribution in [2.75, 3.05) is 19.6 Å². The third kappa shape index (κ3) is 5.94. The number of benzene rings is 1. The molecule has 0 spiro atoms. The number of aromatic nitrogens is 2. The Balaban J connectivity index is 0.00000280. The first-order valence-corrected chi connectivity index (χ1v) is 10.6. The zero-order chi connectivity index (χ0) is 19.1. The zero-order valence-electron chi connectivity index (χ0n) is 16.8. The Morgan fingerprint density at radius 3 is 2.75 bits per heavy atom. The van der Waals surface area contributed by atoms with Crippen molar-refractivity contribution in [1.29, 1.82) is 0 Å². The van der Waals surface area contributed by atoms with E-state index in [4.69, 9.17) is 0 Å². The summed E-state index contributed by atoms with van der Waals surface area (Å²) in [6.45, 7) is 8.78. The number of hydrogen-bond donors (Lipinski definition) is 3. The second kappa shape index (κ2) is 11.4. The van der Waals surface area contributed by atoms with Gasteiger partial charge in [0.25, 0.3) is 0 Å². The monoisotopic (exact) mass is 511 g/mol. The van der Waals surface area contributed by atoms with Crippen LogP contribution in [-0.2, 0) is 19.3 Å². The largest absolute Gasteiger partial charge is 0.361 e. The average Bonchev–Trinajstić information content (AvgIpc) is 3.28. The molecule has 0 radical (unpaired) electrons. The molecule has 7 heteroatoms. The molecule has 0 aliphatic rings. The van der Waals surface area contributed by atoms with E-state index in [1.807, 2.05) is 6.92 Å². The molecule has 152 valence electrons. The van der Waals surface area contributed by atoms with E-state index in [0.29, 0.717) is 0 Å². The molecule has 0 saturated carbocycles. The van der Waals surface area contributed by atoms with E-state index in [-0.39, 0.29) is 24.0 Å². The molecule has 2 heterocycles. The van der Waals surface area contributed by atoms with Gasteiger partial charge in [-0.15, -0.1) is 35.3 Å². The van der Waals surface area contributed by atoms with Gasteiger partial charge in [0.15, 0.2) is 5.96 Å². The molecule has 28 heavy (non-hydrogen) atoms. The third-order valence-corrected chi connectivity index (χ3v) is 5.43. The standard InChI is InChI=1S/C21H29N5S.HI/c1-4-16-7-6-8-19-17(13-25-20(16)19)9-11-23-21(22-5-2)24-12-10-18-14-27-15(3)26-18;/h6-8,13-14,25H,4-5,9-12H2,1-3H3,(H2,22,23,24);1H. The summed E-state index contributed by atoms with van der Waals surface area (Å²) < 4.78 is 0. The number of halogens is 1. The molecule has 1 aromatic carbocycles. The molecule has 0 atom stereocenters. The van der Waals surface area contributed by atoms with Gasteiger partial charge in [-0.3, -0.25) is 4.99 Å². The smallest absolute Gasteiger partial charge is 0.191 e. The minimum atomic E-state index is 0. The van der Waals surface area contributed by atoms with E-state index in [9.17, 15) is 0 Å². The molecule has 2 aromatic heterocycles. The van der Waals surface area contributed by atoms with E-state index in [1.165, 1.54) is 22.0 Å². The molecule has 0 unspecified atom stereocenters. The van der Waals surface area contributed by atoms with Crippen molar-refractivity contribution in [1.82, 2.24) is 20.6 Å². The van der Waals surface area contributed by atoms with Crippen LogP contribution in [0.3, 0.4) is 0 Å². The van der Waals surface area contributed by atoms with Crippen molar-refractivity contribution < 1.29 is 0 Å². The van der Waals surface area contributed by atoms with Gasteiger partial charge in [0, 0.05) is 48.5 Å². The Hall–Kier alpha value is -1.61. The number of nitrogens with one attached hydrogen (secondary N) is 3. The van der Waals surface area contributed by atoms with Gasteiger partial charge in [-0.2, -0.15) is 0 Å². The predicted molar refractivity (Wildman–Crippen MR) is 131 cm³/mol. The van der Waals surface area contributed by atoms with Crippen LogP contribution in [0.2, 0.25) is 0 Å². The van der Waals surface area contributed by atoms with E-state index in [2.05, 4.69) is 69.2 Å². The summed E-state index contributed by atoms with van der Waals surface area (Å²) >= 11 is 1.70. The molecule has 0 saturated heterocycles. The Labute approximate surface area is 188 Å². The first kappa shape index (κ1) is 22.7. The number of aryl methyl sites for hydroxylation is 2. The van der Waals surface area contributed by atoms with E-state index < -0.39 is 0 Å². The average molecular weight is 511 g/mol. The fourth-order valence-electron chi connectivity index (χ4n) is 3.24. The van der Waals surface area contributed by atoms with Crippen LogP contribution in [0.15, 0.2) is 34.8 Å². The number of hydrogen-bond acceptors (Lipinski definition) is 3. The zero-order valence-corrected chi connectivity index (χ0v) is 20.0. The van der Waals surface area contributed by atoms with Crippen molar-refractivity contribution in [3.63, 3.8) is 0 Å². The molecule has 3 N–H and O–H groups in total. The summed E-state index contributed by atoms with van der Waals surface area (Å²) in [4.78, 5) is 12.6. The number of thiazole rings is 1. The van der Waals surface area contributed by atoms with E-state index in [0.717, 1.165) is 55.6 Å². The van der Waals surface area contributed by atoms with Crippen molar-refractivity contribution >= 4 is 52.2 Å². The summed E-state index contributed by atoms with van der Waals surface area (Å²) in [6, 6.07) is 6.55. The summed E-state index contributed by atoms with van der Waals surface area (Å²) in [7, 11) is 0. The van der Waals surface area contributed by atoms with Gasteiger partial charge >= 0.3 is 0 Å². The Morgan fingerprint density at radius 2 is 2.04 bits per heavy atom. The maximum atomic E-state index is 4.68. The molecule has 3 rings (SSSR count). The van der Waals surface area contributed by atoms with Crippen LogP contribution in [0.25, 0.3) is 10.9 Å². The summed E-state index contributed by atoms with van der Waals surface area (Å²) in [5.74, 6) is 0.874. The predicted octanol–water partition coefficient (Wildman–Crippen LogP) is 4.45. The molecule has 5 nitrogen and oxygen atoms in total. The molecule has 3 aromatic rings. The van der Waals surface area contributed by atoms with Crippen LogP contribution in [0, 0.1) is 6.92 Å². The fourth-order valence-corrected chi connectivity index (χ4v) is 3.89. The highest BCUT2D eigenvalue weighted by atomic mass is 127. The van der Waals surface area contributed by atoms with Crippen molar-refractivity contribution in [2.45, 2.75) is 40.0 Å². The summed E-state index contributed by atoms with van der Waals surface area (Å²) in [5, 5.41) is 11.3. The van der Waals surface area contributed by atoms with E-state index in [1.54, 1.807) is 11.3 Å². The Morgan fingerprint density at radius 1 is 1.18 bits per heavy atom. The normalized spacial score (nSPS) is 11.5. The molecular formula is C21H30IN5S. The van der Waals surface area contributed by atoms with Crippen molar-refractivity contribution in [3.05, 3.63) is 51.6 Å². The molecule has 0 aliphatic heterocycles. The molecule has 0 amide bonds. The highest BCUT2D eigenvalue weighted by Gasteiger charge is 2.07. The van der Waals surface area contributed by atoms with Gasteiger partial charge in [-0.25, -0.2) is 4.98 Å². The molecule has 0 aliphatic carbocycles. The highest BCUT2D eigenvalue weighted by Crippen LogP contribution is 2.22. The van der Waals surface area contributed by atoms with Crippen LogP contribution in [0.5, 0.6) is 0 Å². The number of aromatic amines is 1. The maximum Gasteiger partial charge on any atom is 0.191 e. The summed E-state index contributed by atoms with van der Waals surface area (Å²) in [6.07, 6.45) is 5.03. The third-order valence-electron chi connectivity index (χ3n) is 4.60. The summed E-state index contributed by atoms with van der Waals surface area (Å²) in [5.41, 5.74) is 5.12. The van der Waals surface area contributed by atoms with Crippen molar-refractivity contribution in [3.8, 4) is 0 Å². The van der Waals surface area contributed by atoms with Crippen LogP contribution in [0.1, 0.15) is 35.7 Å². The van der Waals surface area contributed by atoms with E-state index >= 15 is 0 Å². The number of fused-ring (bicyclic) bond motifs is 1. The lowest BCUT2D eigenvalue weighted by atomic mass is 10.1. The molecular weight excluding hydrogens is 481 g/mol. The number of rotatable bonds is 8. The van der Waals surface area contributed by atoms with Gasteiger partial charge in [-0.05, 0) is 37.8 Å².